The largest absolute Gasteiger partial charge is 0.505 e. The number of hydrogen-bond acceptors (Lipinski definition) is 3. The Kier molecular flexibility index (Phi) is 4.88. The highest BCUT2D eigenvalue weighted by Gasteiger charge is 2.08. The van der Waals surface area contributed by atoms with Crippen molar-refractivity contribution in [1.82, 2.24) is 0 Å². The van der Waals surface area contributed by atoms with E-state index in [-0.39, 0.29) is 5.75 Å². The Balaban J connectivity index is 2.13. The van der Waals surface area contributed by atoms with Crippen molar-refractivity contribution in [3.63, 3.8) is 0 Å². The average Bonchev–Trinajstić information content (AvgIpc) is 2.40. The first-order valence-electron chi connectivity index (χ1n) is 5.75. The molecule has 0 spiro atoms. The van der Waals surface area contributed by atoms with Crippen molar-refractivity contribution >= 4 is 37.5 Å². The van der Waals surface area contributed by atoms with Crippen LogP contribution in [0, 0.1) is 5.82 Å². The lowest BCUT2D eigenvalue weighted by molar-refractivity contribution is 0.409. The molecule has 2 rings (SSSR count). The standard InChI is InChI=1S/C14H12Br2FNO2/c1-20-14-10(15)4-8(5-11(14)16)7-18-9-2-3-13(19)12(17)6-9/h2-6,18-19H,7H2,1H3. The molecule has 0 saturated carbocycles. The van der Waals surface area contributed by atoms with E-state index in [0.29, 0.717) is 12.2 Å². The van der Waals surface area contributed by atoms with Crippen LogP contribution in [0.2, 0.25) is 0 Å². The van der Waals surface area contributed by atoms with Crippen LogP contribution in [-0.4, -0.2) is 12.2 Å². The third-order valence-electron chi connectivity index (χ3n) is 2.71. The van der Waals surface area contributed by atoms with Gasteiger partial charge in [0.2, 0.25) is 0 Å². The summed E-state index contributed by atoms with van der Waals surface area (Å²) in [6.45, 7) is 0.519. The smallest absolute Gasteiger partial charge is 0.166 e. The normalized spacial score (nSPS) is 10.4. The maximum atomic E-state index is 13.2. The minimum Gasteiger partial charge on any atom is -0.505 e. The van der Waals surface area contributed by atoms with E-state index in [9.17, 15) is 4.39 Å². The number of methoxy groups -OCH3 is 1. The molecule has 0 aromatic heterocycles. The molecule has 0 heterocycles. The van der Waals surface area contributed by atoms with Gasteiger partial charge in [0.25, 0.3) is 0 Å². The van der Waals surface area contributed by atoms with Crippen LogP contribution in [0.1, 0.15) is 5.56 Å². The fourth-order valence-electron chi connectivity index (χ4n) is 1.73. The van der Waals surface area contributed by atoms with Gasteiger partial charge in [0.1, 0.15) is 5.75 Å². The minimum atomic E-state index is -0.646. The van der Waals surface area contributed by atoms with Crippen LogP contribution < -0.4 is 10.1 Å². The fraction of sp³-hybridized carbons (Fsp3) is 0.143. The predicted octanol–water partition coefficient (Wildman–Crippen LogP) is 4.68. The van der Waals surface area contributed by atoms with Gasteiger partial charge in [-0.3, -0.25) is 0 Å². The second-order valence-corrected chi connectivity index (χ2v) is 5.82. The number of phenolic OH excluding ortho intramolecular Hbond substituents is 1. The molecule has 20 heavy (non-hydrogen) atoms. The van der Waals surface area contributed by atoms with E-state index in [1.807, 2.05) is 12.1 Å². The number of hydrogen-bond donors (Lipinski definition) is 2. The number of phenols is 1. The maximum absolute atomic E-state index is 13.2. The summed E-state index contributed by atoms with van der Waals surface area (Å²) in [6, 6.07) is 8.03. The van der Waals surface area contributed by atoms with Crippen LogP contribution in [-0.2, 0) is 6.54 Å². The quantitative estimate of drug-likeness (QED) is 0.727. The van der Waals surface area contributed by atoms with Gasteiger partial charge in [-0.15, -0.1) is 0 Å². The summed E-state index contributed by atoms with van der Waals surface area (Å²) in [5.41, 5.74) is 1.60. The van der Waals surface area contributed by atoms with Crippen molar-refractivity contribution in [3.05, 3.63) is 50.7 Å². The molecule has 2 aromatic rings. The van der Waals surface area contributed by atoms with Crippen molar-refractivity contribution in [1.29, 1.82) is 0 Å². The van der Waals surface area contributed by atoms with E-state index in [0.717, 1.165) is 20.3 Å². The number of rotatable bonds is 4. The summed E-state index contributed by atoms with van der Waals surface area (Å²) in [7, 11) is 1.60. The molecule has 0 radical (unpaired) electrons. The van der Waals surface area contributed by atoms with Crippen LogP contribution in [0.15, 0.2) is 39.3 Å². The van der Waals surface area contributed by atoms with Crippen molar-refractivity contribution < 1.29 is 14.2 Å². The molecule has 2 N–H and O–H groups in total. The molecule has 0 bridgehead atoms. The summed E-state index contributed by atoms with van der Waals surface area (Å²) in [5.74, 6) is -0.276. The fourth-order valence-corrected chi connectivity index (χ4v) is 3.34. The molecule has 0 fully saturated rings. The van der Waals surface area contributed by atoms with Crippen molar-refractivity contribution in [2.24, 2.45) is 0 Å². The minimum absolute atomic E-state index is 0.356. The van der Waals surface area contributed by atoms with E-state index in [2.05, 4.69) is 37.2 Å². The summed E-state index contributed by atoms with van der Waals surface area (Å²) in [6.07, 6.45) is 0. The van der Waals surface area contributed by atoms with E-state index in [1.165, 1.54) is 12.1 Å². The molecule has 0 unspecified atom stereocenters. The lowest BCUT2D eigenvalue weighted by Crippen LogP contribution is -2.00. The number of nitrogens with one attached hydrogen (secondary N) is 1. The Labute approximate surface area is 133 Å². The zero-order valence-corrected chi connectivity index (χ0v) is 13.8. The Morgan fingerprint density at radius 3 is 2.40 bits per heavy atom. The average molecular weight is 405 g/mol. The van der Waals surface area contributed by atoms with Gasteiger partial charge < -0.3 is 15.2 Å². The molecular weight excluding hydrogens is 393 g/mol. The van der Waals surface area contributed by atoms with E-state index >= 15 is 0 Å². The van der Waals surface area contributed by atoms with Gasteiger partial charge in [-0.2, -0.15) is 0 Å². The molecule has 0 amide bonds. The SMILES string of the molecule is COc1c(Br)cc(CNc2ccc(O)c(F)c2)cc1Br. The van der Waals surface area contributed by atoms with Crippen molar-refractivity contribution in [2.45, 2.75) is 6.54 Å². The number of anilines is 1. The first-order valence-corrected chi connectivity index (χ1v) is 7.34. The maximum Gasteiger partial charge on any atom is 0.166 e. The highest BCUT2D eigenvalue weighted by atomic mass is 79.9. The molecule has 0 aliphatic carbocycles. The monoisotopic (exact) mass is 403 g/mol. The van der Waals surface area contributed by atoms with Crippen molar-refractivity contribution in [2.75, 3.05) is 12.4 Å². The highest BCUT2D eigenvalue weighted by Crippen LogP contribution is 2.34. The highest BCUT2D eigenvalue weighted by molar-refractivity contribution is 9.11. The van der Waals surface area contributed by atoms with Crippen LogP contribution in [0.3, 0.4) is 0 Å². The van der Waals surface area contributed by atoms with Crippen LogP contribution in [0.4, 0.5) is 10.1 Å². The number of ether oxygens (including phenoxy) is 1. The molecular formula is C14H12Br2FNO2. The summed E-state index contributed by atoms with van der Waals surface area (Å²) in [4.78, 5) is 0. The van der Waals surface area contributed by atoms with Gasteiger partial charge in [-0.25, -0.2) is 4.39 Å². The molecule has 0 saturated heterocycles. The molecule has 6 heteroatoms. The Morgan fingerprint density at radius 2 is 1.85 bits per heavy atom. The molecule has 0 atom stereocenters. The first kappa shape index (κ1) is 15.1. The molecule has 106 valence electrons. The number of benzene rings is 2. The number of halogens is 3. The Hall–Kier alpha value is -1.27. The second-order valence-electron chi connectivity index (χ2n) is 4.11. The Bertz CT molecular complexity index is 612. The lowest BCUT2D eigenvalue weighted by Gasteiger charge is -2.11. The van der Waals surface area contributed by atoms with E-state index < -0.39 is 5.82 Å². The van der Waals surface area contributed by atoms with Crippen molar-refractivity contribution in [3.8, 4) is 11.5 Å². The van der Waals surface area contributed by atoms with Gasteiger partial charge >= 0.3 is 0 Å². The molecule has 0 aliphatic rings. The third kappa shape index (κ3) is 3.43. The van der Waals surface area contributed by atoms with Crippen LogP contribution in [0.25, 0.3) is 0 Å². The van der Waals surface area contributed by atoms with Gasteiger partial charge in [0.05, 0.1) is 16.1 Å². The van der Waals surface area contributed by atoms with E-state index in [4.69, 9.17) is 9.84 Å². The third-order valence-corrected chi connectivity index (χ3v) is 3.88. The van der Waals surface area contributed by atoms with Gasteiger partial charge in [-0.05, 0) is 61.7 Å². The van der Waals surface area contributed by atoms with Crippen LogP contribution >= 0.6 is 31.9 Å². The van der Waals surface area contributed by atoms with Gasteiger partial charge in [-0.1, -0.05) is 0 Å². The zero-order chi connectivity index (χ0) is 14.7. The van der Waals surface area contributed by atoms with E-state index in [1.54, 1.807) is 13.2 Å². The Morgan fingerprint density at radius 1 is 1.20 bits per heavy atom. The summed E-state index contributed by atoms with van der Waals surface area (Å²) < 4.78 is 20.1. The molecule has 3 nitrogen and oxygen atoms in total. The molecule has 0 aliphatic heterocycles. The predicted molar refractivity (Wildman–Crippen MR) is 83.8 cm³/mol. The summed E-state index contributed by atoms with van der Waals surface area (Å²) in [5, 5.41) is 12.2. The lowest BCUT2D eigenvalue weighted by atomic mass is 10.2. The topological polar surface area (TPSA) is 41.5 Å². The second kappa shape index (κ2) is 6.45. The first-order chi connectivity index (χ1) is 9.51. The molecule has 2 aromatic carbocycles. The number of aromatic hydroxyl groups is 1. The van der Waals surface area contributed by atoms with Crippen LogP contribution in [0.5, 0.6) is 11.5 Å². The van der Waals surface area contributed by atoms with Gasteiger partial charge in [0.15, 0.2) is 11.6 Å². The summed E-state index contributed by atoms with van der Waals surface area (Å²) >= 11 is 6.86. The van der Waals surface area contributed by atoms with Gasteiger partial charge in [0, 0.05) is 18.3 Å². The zero-order valence-electron chi connectivity index (χ0n) is 10.6.